The van der Waals surface area contributed by atoms with Crippen molar-refractivity contribution in [1.29, 1.82) is 0 Å². The van der Waals surface area contributed by atoms with Crippen LogP contribution >= 0.6 is 35.4 Å². The van der Waals surface area contributed by atoms with Gasteiger partial charge in [-0.3, -0.25) is 0 Å². The van der Waals surface area contributed by atoms with Crippen LogP contribution < -0.4 is 10.6 Å². The first-order chi connectivity index (χ1) is 11.5. The Labute approximate surface area is 156 Å². The molecule has 0 unspecified atom stereocenters. The first-order valence-corrected chi connectivity index (χ1v) is 8.42. The zero-order valence-corrected chi connectivity index (χ0v) is 15.3. The van der Waals surface area contributed by atoms with Crippen LogP contribution in [0.15, 0.2) is 42.5 Å². The minimum Gasteiger partial charge on any atom is -0.462 e. The summed E-state index contributed by atoms with van der Waals surface area (Å²) in [6.45, 7) is 2.51. The zero-order valence-electron chi connectivity index (χ0n) is 12.9. The van der Waals surface area contributed by atoms with Crippen LogP contribution in [-0.4, -0.2) is 17.7 Å². The second kappa shape index (κ2) is 8.87. The molecule has 0 radical (unpaired) electrons. The molecule has 0 saturated heterocycles. The van der Waals surface area contributed by atoms with Gasteiger partial charge in [0, 0.05) is 17.3 Å². The molecule has 0 amide bonds. The van der Waals surface area contributed by atoms with Crippen LogP contribution in [0.5, 0.6) is 0 Å². The lowest BCUT2D eigenvalue weighted by molar-refractivity contribution is 0.0526. The fraction of sp³-hybridized carbons (Fsp3) is 0.176. The standard InChI is InChI=1S/C17H16Cl2N2O2S/c1-2-23-16(22)13-9-12(7-8-15(13)19)21-17(24)20-10-11-5-3-4-6-14(11)18/h3-9H,2,10H2,1H3,(H2,20,21,24). The molecule has 0 atom stereocenters. The van der Waals surface area contributed by atoms with E-state index in [1.54, 1.807) is 25.1 Å². The summed E-state index contributed by atoms with van der Waals surface area (Å²) in [5, 5.41) is 7.48. The lowest BCUT2D eigenvalue weighted by Crippen LogP contribution is -2.28. The van der Waals surface area contributed by atoms with Gasteiger partial charge in [0.2, 0.25) is 0 Å². The van der Waals surface area contributed by atoms with E-state index in [9.17, 15) is 4.79 Å². The number of hydrogen-bond donors (Lipinski definition) is 2. The third kappa shape index (κ3) is 5.09. The number of ether oxygens (including phenoxy) is 1. The minimum atomic E-state index is -0.471. The molecule has 4 nitrogen and oxygen atoms in total. The topological polar surface area (TPSA) is 50.4 Å². The minimum absolute atomic E-state index is 0.282. The molecule has 2 N–H and O–H groups in total. The molecule has 2 aromatic rings. The third-order valence-corrected chi connectivity index (χ3v) is 4.06. The van der Waals surface area contributed by atoms with E-state index in [-0.39, 0.29) is 12.2 Å². The predicted molar refractivity (Wildman–Crippen MR) is 102 cm³/mol. The molecular weight excluding hydrogens is 367 g/mol. The van der Waals surface area contributed by atoms with Crippen molar-refractivity contribution in [3.63, 3.8) is 0 Å². The van der Waals surface area contributed by atoms with Gasteiger partial charge in [-0.15, -0.1) is 0 Å². The Bertz CT molecular complexity index is 753. The molecule has 0 fully saturated rings. The van der Waals surface area contributed by atoms with Crippen molar-refractivity contribution in [3.05, 3.63) is 63.6 Å². The maximum absolute atomic E-state index is 11.9. The van der Waals surface area contributed by atoms with Gasteiger partial charge in [0.05, 0.1) is 17.2 Å². The summed E-state index contributed by atoms with van der Waals surface area (Å²) in [6, 6.07) is 12.5. The van der Waals surface area contributed by atoms with E-state index in [0.717, 1.165) is 5.56 Å². The molecule has 0 bridgehead atoms. The lowest BCUT2D eigenvalue weighted by Gasteiger charge is -2.12. The van der Waals surface area contributed by atoms with E-state index < -0.39 is 5.97 Å². The number of esters is 1. The summed E-state index contributed by atoms with van der Waals surface area (Å²) in [4.78, 5) is 11.9. The Balaban J connectivity index is 2.00. The van der Waals surface area contributed by atoms with Crippen molar-refractivity contribution in [3.8, 4) is 0 Å². The van der Waals surface area contributed by atoms with Crippen LogP contribution in [-0.2, 0) is 11.3 Å². The van der Waals surface area contributed by atoms with E-state index in [2.05, 4.69) is 10.6 Å². The van der Waals surface area contributed by atoms with Gasteiger partial charge in [0.1, 0.15) is 0 Å². The van der Waals surface area contributed by atoms with Gasteiger partial charge >= 0.3 is 5.97 Å². The summed E-state index contributed by atoms with van der Waals surface area (Å²) >= 11 is 17.4. The fourth-order valence-corrected chi connectivity index (χ4v) is 2.55. The van der Waals surface area contributed by atoms with Gasteiger partial charge in [-0.25, -0.2) is 4.79 Å². The molecular formula is C17H16Cl2N2O2S. The molecule has 126 valence electrons. The van der Waals surface area contributed by atoms with Crippen molar-refractivity contribution >= 4 is 52.2 Å². The molecule has 2 rings (SSSR count). The predicted octanol–water partition coefficient (Wildman–Crippen LogP) is 4.66. The summed E-state index contributed by atoms with van der Waals surface area (Å²) in [6.07, 6.45) is 0. The van der Waals surface area contributed by atoms with E-state index in [1.165, 1.54) is 0 Å². The van der Waals surface area contributed by atoms with E-state index >= 15 is 0 Å². The molecule has 0 heterocycles. The van der Waals surface area contributed by atoms with Crippen LogP contribution in [0.4, 0.5) is 5.69 Å². The molecule has 2 aromatic carbocycles. The molecule has 0 aromatic heterocycles. The highest BCUT2D eigenvalue weighted by molar-refractivity contribution is 7.80. The average Bonchev–Trinajstić information content (AvgIpc) is 2.56. The smallest absolute Gasteiger partial charge is 0.339 e. The number of hydrogen-bond acceptors (Lipinski definition) is 3. The fourth-order valence-electron chi connectivity index (χ4n) is 1.96. The summed E-state index contributed by atoms with van der Waals surface area (Å²) in [5.74, 6) is -0.471. The van der Waals surface area contributed by atoms with Crippen molar-refractivity contribution in [2.24, 2.45) is 0 Å². The number of nitrogens with one attached hydrogen (secondary N) is 2. The van der Waals surface area contributed by atoms with Crippen molar-refractivity contribution in [2.75, 3.05) is 11.9 Å². The number of rotatable bonds is 5. The van der Waals surface area contributed by atoms with E-state index in [0.29, 0.717) is 27.4 Å². The maximum atomic E-state index is 11.9. The first kappa shape index (κ1) is 18.5. The highest BCUT2D eigenvalue weighted by Crippen LogP contribution is 2.21. The molecule has 24 heavy (non-hydrogen) atoms. The summed E-state index contributed by atoms with van der Waals surface area (Å²) in [7, 11) is 0. The highest BCUT2D eigenvalue weighted by atomic mass is 35.5. The van der Waals surface area contributed by atoms with Gasteiger partial charge in [-0.2, -0.15) is 0 Å². The monoisotopic (exact) mass is 382 g/mol. The highest BCUT2D eigenvalue weighted by Gasteiger charge is 2.12. The third-order valence-electron chi connectivity index (χ3n) is 3.12. The Morgan fingerprint density at radius 1 is 1.17 bits per heavy atom. The Morgan fingerprint density at radius 3 is 2.62 bits per heavy atom. The van der Waals surface area contributed by atoms with Gasteiger partial charge in [-0.05, 0) is 49.0 Å². The number of halogens is 2. The molecule has 0 aliphatic heterocycles. The van der Waals surface area contributed by atoms with Gasteiger partial charge < -0.3 is 15.4 Å². The van der Waals surface area contributed by atoms with Gasteiger partial charge in [-0.1, -0.05) is 41.4 Å². The largest absolute Gasteiger partial charge is 0.462 e. The van der Waals surface area contributed by atoms with E-state index in [4.69, 9.17) is 40.2 Å². The van der Waals surface area contributed by atoms with E-state index in [1.807, 2.05) is 24.3 Å². The van der Waals surface area contributed by atoms with Gasteiger partial charge in [0.15, 0.2) is 5.11 Å². The van der Waals surface area contributed by atoms with Crippen LogP contribution in [0.1, 0.15) is 22.8 Å². The number of thiocarbonyl (C=S) groups is 1. The normalized spacial score (nSPS) is 10.1. The second-order valence-corrected chi connectivity index (χ2v) is 6.04. The van der Waals surface area contributed by atoms with Crippen LogP contribution in [0.2, 0.25) is 10.0 Å². The maximum Gasteiger partial charge on any atom is 0.339 e. The quantitative estimate of drug-likeness (QED) is 0.581. The molecule has 7 heteroatoms. The Kier molecular flexibility index (Phi) is 6.85. The number of carbonyl (C=O) groups excluding carboxylic acids is 1. The SMILES string of the molecule is CCOC(=O)c1cc(NC(=S)NCc2ccccc2Cl)ccc1Cl. The number of carbonyl (C=O) groups is 1. The second-order valence-electron chi connectivity index (χ2n) is 4.81. The first-order valence-electron chi connectivity index (χ1n) is 7.26. The molecule has 0 saturated carbocycles. The van der Waals surface area contributed by atoms with Crippen molar-refractivity contribution in [2.45, 2.75) is 13.5 Å². The molecule has 0 aliphatic carbocycles. The lowest BCUT2D eigenvalue weighted by atomic mass is 10.2. The Morgan fingerprint density at radius 2 is 1.92 bits per heavy atom. The van der Waals surface area contributed by atoms with Crippen LogP contribution in [0, 0.1) is 0 Å². The van der Waals surface area contributed by atoms with Crippen LogP contribution in [0.25, 0.3) is 0 Å². The Hall–Kier alpha value is -1.82. The zero-order chi connectivity index (χ0) is 17.5. The molecule has 0 spiro atoms. The van der Waals surface area contributed by atoms with Crippen molar-refractivity contribution < 1.29 is 9.53 Å². The summed E-state index contributed by atoms with van der Waals surface area (Å²) in [5.41, 5.74) is 1.86. The van der Waals surface area contributed by atoms with Crippen molar-refractivity contribution in [1.82, 2.24) is 5.32 Å². The summed E-state index contributed by atoms with van der Waals surface area (Å²) < 4.78 is 4.97. The average molecular weight is 383 g/mol. The van der Waals surface area contributed by atoms with Crippen LogP contribution in [0.3, 0.4) is 0 Å². The number of anilines is 1. The van der Waals surface area contributed by atoms with Gasteiger partial charge in [0.25, 0.3) is 0 Å². The molecule has 0 aliphatic rings. The number of benzene rings is 2.